The van der Waals surface area contributed by atoms with E-state index in [4.69, 9.17) is 0 Å². The Morgan fingerprint density at radius 3 is 2.70 bits per heavy atom. The van der Waals surface area contributed by atoms with Crippen molar-refractivity contribution in [3.8, 4) is 0 Å². The minimum atomic E-state index is -0.713. The topological polar surface area (TPSA) is 52.6 Å². The Bertz CT molecular complexity index is 471. The maximum atomic E-state index is 13.4. The number of nitrogens with zero attached hydrogens (tertiary/aromatic N) is 1. The molecular weight excluding hydrogens is 259 g/mol. The number of aliphatic hydroxyl groups is 1. The SMILES string of the molecule is CN1CCC(O)(CCNC(=O)c2ccccc2F)CC1. The molecule has 0 aromatic heterocycles. The number of hydrogen-bond donors (Lipinski definition) is 2. The molecule has 1 saturated heterocycles. The Hall–Kier alpha value is -1.46. The number of amides is 1. The normalized spacial score (nSPS) is 18.8. The molecule has 1 aromatic rings. The van der Waals surface area contributed by atoms with Gasteiger partial charge in [0.2, 0.25) is 0 Å². The summed E-state index contributed by atoms with van der Waals surface area (Å²) < 4.78 is 13.4. The van der Waals surface area contributed by atoms with Gasteiger partial charge in [0.05, 0.1) is 11.2 Å². The first-order chi connectivity index (χ1) is 9.50. The van der Waals surface area contributed by atoms with Gasteiger partial charge in [0.1, 0.15) is 5.82 Å². The quantitative estimate of drug-likeness (QED) is 0.876. The molecule has 0 saturated carbocycles. The molecule has 2 rings (SSSR count). The molecule has 2 N–H and O–H groups in total. The van der Waals surface area contributed by atoms with Crippen molar-refractivity contribution in [1.29, 1.82) is 0 Å². The van der Waals surface area contributed by atoms with Crippen LogP contribution in [0.4, 0.5) is 4.39 Å². The summed E-state index contributed by atoms with van der Waals surface area (Å²) in [6.45, 7) is 2.07. The zero-order chi connectivity index (χ0) is 14.6. The Morgan fingerprint density at radius 2 is 2.05 bits per heavy atom. The van der Waals surface area contributed by atoms with Crippen molar-refractivity contribution < 1.29 is 14.3 Å². The molecule has 0 spiro atoms. The standard InChI is InChI=1S/C15H21FN2O2/c1-18-10-7-15(20,8-11-18)6-9-17-14(19)12-4-2-3-5-13(12)16/h2-5,20H,6-11H2,1H3,(H,17,19). The summed E-state index contributed by atoms with van der Waals surface area (Å²) in [5.74, 6) is -0.956. The van der Waals surface area contributed by atoms with Gasteiger partial charge in [-0.1, -0.05) is 12.1 Å². The molecule has 0 aliphatic carbocycles. The van der Waals surface area contributed by atoms with Gasteiger partial charge < -0.3 is 15.3 Å². The smallest absolute Gasteiger partial charge is 0.254 e. The van der Waals surface area contributed by atoms with Crippen molar-refractivity contribution in [2.75, 3.05) is 26.7 Å². The van der Waals surface area contributed by atoms with E-state index in [1.54, 1.807) is 12.1 Å². The molecule has 0 atom stereocenters. The van der Waals surface area contributed by atoms with Crippen LogP contribution in [0, 0.1) is 5.82 Å². The minimum absolute atomic E-state index is 0.0443. The number of nitrogens with one attached hydrogen (secondary N) is 1. The number of rotatable bonds is 4. The fourth-order valence-electron chi connectivity index (χ4n) is 2.43. The summed E-state index contributed by atoms with van der Waals surface area (Å²) in [6.07, 6.45) is 1.92. The van der Waals surface area contributed by atoms with Gasteiger partial charge in [-0.2, -0.15) is 0 Å². The summed E-state index contributed by atoms with van der Waals surface area (Å²) in [5, 5.41) is 13.0. The molecule has 4 nitrogen and oxygen atoms in total. The molecule has 0 bridgehead atoms. The highest BCUT2D eigenvalue weighted by molar-refractivity contribution is 5.94. The van der Waals surface area contributed by atoms with Crippen molar-refractivity contribution in [2.45, 2.75) is 24.9 Å². The third-order valence-electron chi connectivity index (χ3n) is 3.91. The molecule has 110 valence electrons. The van der Waals surface area contributed by atoms with Crippen molar-refractivity contribution in [3.05, 3.63) is 35.6 Å². The molecule has 20 heavy (non-hydrogen) atoms. The van der Waals surface area contributed by atoms with Crippen LogP contribution in [0.5, 0.6) is 0 Å². The monoisotopic (exact) mass is 280 g/mol. The third-order valence-corrected chi connectivity index (χ3v) is 3.91. The van der Waals surface area contributed by atoms with E-state index in [0.29, 0.717) is 25.8 Å². The lowest BCUT2D eigenvalue weighted by Crippen LogP contribution is -2.44. The van der Waals surface area contributed by atoms with E-state index in [0.717, 1.165) is 13.1 Å². The molecule has 1 aromatic carbocycles. The van der Waals surface area contributed by atoms with Crippen LogP contribution in [0.2, 0.25) is 0 Å². The van der Waals surface area contributed by atoms with E-state index >= 15 is 0 Å². The van der Waals surface area contributed by atoms with Crippen LogP contribution in [0.1, 0.15) is 29.6 Å². The van der Waals surface area contributed by atoms with Crippen LogP contribution in [-0.2, 0) is 0 Å². The molecular formula is C15H21FN2O2. The van der Waals surface area contributed by atoms with E-state index in [-0.39, 0.29) is 5.56 Å². The van der Waals surface area contributed by atoms with Gasteiger partial charge in [-0.25, -0.2) is 4.39 Å². The predicted molar refractivity (Wildman–Crippen MR) is 75.0 cm³/mol. The van der Waals surface area contributed by atoms with Gasteiger partial charge in [0, 0.05) is 19.6 Å². The lowest BCUT2D eigenvalue weighted by molar-refractivity contribution is -0.0214. The van der Waals surface area contributed by atoms with Gasteiger partial charge in [0.15, 0.2) is 0 Å². The lowest BCUT2D eigenvalue weighted by Gasteiger charge is -2.36. The molecule has 1 aliphatic heterocycles. The third kappa shape index (κ3) is 3.77. The minimum Gasteiger partial charge on any atom is -0.390 e. The second-order valence-electron chi connectivity index (χ2n) is 5.51. The highest BCUT2D eigenvalue weighted by Crippen LogP contribution is 2.24. The first-order valence-corrected chi connectivity index (χ1v) is 6.94. The Balaban J connectivity index is 1.81. The number of halogens is 1. The van der Waals surface area contributed by atoms with Crippen molar-refractivity contribution in [3.63, 3.8) is 0 Å². The lowest BCUT2D eigenvalue weighted by atomic mass is 9.88. The maximum Gasteiger partial charge on any atom is 0.254 e. The number of piperidine rings is 1. The van der Waals surface area contributed by atoms with E-state index in [2.05, 4.69) is 10.2 Å². The maximum absolute atomic E-state index is 13.4. The zero-order valence-electron chi connectivity index (χ0n) is 11.7. The zero-order valence-corrected chi connectivity index (χ0v) is 11.7. The van der Waals surface area contributed by atoms with Crippen molar-refractivity contribution in [1.82, 2.24) is 10.2 Å². The predicted octanol–water partition coefficient (Wildman–Crippen LogP) is 1.40. The Kier molecular flexibility index (Phi) is 4.73. The first-order valence-electron chi connectivity index (χ1n) is 6.94. The largest absolute Gasteiger partial charge is 0.390 e. The van der Waals surface area contributed by atoms with E-state index in [1.807, 2.05) is 7.05 Å². The second-order valence-corrected chi connectivity index (χ2v) is 5.51. The molecule has 1 amide bonds. The molecule has 1 fully saturated rings. The number of benzene rings is 1. The second kappa shape index (κ2) is 6.33. The Labute approximate surface area is 118 Å². The molecule has 0 radical (unpaired) electrons. The number of carbonyl (C=O) groups excluding carboxylic acids is 1. The van der Waals surface area contributed by atoms with Gasteiger partial charge in [0.25, 0.3) is 5.91 Å². The van der Waals surface area contributed by atoms with Crippen LogP contribution in [0.15, 0.2) is 24.3 Å². The summed E-state index contributed by atoms with van der Waals surface area (Å²) in [6, 6.07) is 5.89. The Morgan fingerprint density at radius 1 is 1.40 bits per heavy atom. The van der Waals surface area contributed by atoms with Crippen molar-refractivity contribution >= 4 is 5.91 Å². The number of likely N-dealkylation sites (tertiary alicyclic amines) is 1. The molecule has 5 heteroatoms. The number of hydrogen-bond acceptors (Lipinski definition) is 3. The molecule has 1 heterocycles. The average Bonchev–Trinajstić information content (AvgIpc) is 2.43. The van der Waals surface area contributed by atoms with Crippen LogP contribution < -0.4 is 5.32 Å². The molecule has 1 aliphatic rings. The average molecular weight is 280 g/mol. The van der Waals surface area contributed by atoms with E-state index in [9.17, 15) is 14.3 Å². The van der Waals surface area contributed by atoms with E-state index < -0.39 is 17.3 Å². The summed E-state index contributed by atoms with van der Waals surface area (Å²) in [5.41, 5.74) is -0.669. The first kappa shape index (κ1) is 14.9. The van der Waals surface area contributed by atoms with Crippen LogP contribution >= 0.6 is 0 Å². The van der Waals surface area contributed by atoms with Crippen LogP contribution in [0.25, 0.3) is 0 Å². The van der Waals surface area contributed by atoms with Crippen LogP contribution in [0.3, 0.4) is 0 Å². The van der Waals surface area contributed by atoms with Crippen LogP contribution in [-0.4, -0.2) is 48.2 Å². The molecule has 0 unspecified atom stereocenters. The summed E-state index contributed by atoms with van der Waals surface area (Å²) in [7, 11) is 2.03. The number of carbonyl (C=O) groups is 1. The fourth-order valence-corrected chi connectivity index (χ4v) is 2.43. The highest BCUT2D eigenvalue weighted by Gasteiger charge is 2.30. The van der Waals surface area contributed by atoms with Crippen molar-refractivity contribution in [2.24, 2.45) is 0 Å². The summed E-state index contributed by atoms with van der Waals surface area (Å²) in [4.78, 5) is 14.0. The fraction of sp³-hybridized carbons (Fsp3) is 0.533. The van der Waals surface area contributed by atoms with Gasteiger partial charge in [-0.05, 0) is 38.4 Å². The van der Waals surface area contributed by atoms with E-state index in [1.165, 1.54) is 12.1 Å². The summed E-state index contributed by atoms with van der Waals surface area (Å²) >= 11 is 0. The highest BCUT2D eigenvalue weighted by atomic mass is 19.1. The van der Waals surface area contributed by atoms with Gasteiger partial charge in [-0.3, -0.25) is 4.79 Å². The van der Waals surface area contributed by atoms with Gasteiger partial charge >= 0.3 is 0 Å². The van der Waals surface area contributed by atoms with Gasteiger partial charge in [-0.15, -0.1) is 0 Å².